The zero-order chi connectivity index (χ0) is 13.1. The number of nitrogens with two attached hydrogens (primary N) is 1. The average molecular weight is 243 g/mol. The molecule has 0 aliphatic heterocycles. The number of aryl methyl sites for hydroxylation is 1. The molecular weight excluding hydrogens is 226 g/mol. The van der Waals surface area contributed by atoms with Crippen molar-refractivity contribution in [2.75, 3.05) is 20.0 Å². The fourth-order valence-corrected chi connectivity index (χ4v) is 1.95. The van der Waals surface area contributed by atoms with Crippen LogP contribution >= 0.6 is 0 Å². The minimum Gasteiger partial charge on any atom is -0.497 e. The van der Waals surface area contributed by atoms with E-state index in [-0.39, 0.29) is 0 Å². The molecule has 0 radical (unpaired) electrons. The number of benzene rings is 2. The van der Waals surface area contributed by atoms with E-state index < -0.39 is 0 Å². The van der Waals surface area contributed by atoms with Gasteiger partial charge in [-0.1, -0.05) is 12.1 Å². The second-order valence-corrected chi connectivity index (χ2v) is 4.16. The molecule has 0 fully saturated rings. The van der Waals surface area contributed by atoms with Crippen LogP contribution in [0.5, 0.6) is 11.5 Å². The summed E-state index contributed by atoms with van der Waals surface area (Å²) in [5.41, 5.74) is 9.84. The molecule has 18 heavy (non-hydrogen) atoms. The lowest BCUT2D eigenvalue weighted by Crippen LogP contribution is -1.94. The van der Waals surface area contributed by atoms with E-state index in [0.717, 1.165) is 33.9 Å². The lowest BCUT2D eigenvalue weighted by molar-refractivity contribution is 0.404. The number of anilines is 1. The Kier molecular flexibility index (Phi) is 3.42. The second-order valence-electron chi connectivity index (χ2n) is 4.16. The Morgan fingerprint density at radius 2 is 1.67 bits per heavy atom. The van der Waals surface area contributed by atoms with Gasteiger partial charge in [-0.3, -0.25) is 0 Å². The molecule has 0 bridgehead atoms. The standard InChI is InChI=1S/C15H17NO2/c1-10-4-6-12(14(16)8-10)13-9-11(17-2)5-7-15(13)18-3/h4-9H,16H2,1-3H3. The summed E-state index contributed by atoms with van der Waals surface area (Å²) in [7, 11) is 3.29. The molecule has 3 heteroatoms. The van der Waals surface area contributed by atoms with Crippen LogP contribution in [0.4, 0.5) is 5.69 Å². The van der Waals surface area contributed by atoms with Crippen LogP contribution in [0.15, 0.2) is 36.4 Å². The molecular formula is C15H17NO2. The highest BCUT2D eigenvalue weighted by Crippen LogP contribution is 2.36. The molecule has 2 N–H and O–H groups in total. The zero-order valence-corrected chi connectivity index (χ0v) is 10.9. The lowest BCUT2D eigenvalue weighted by atomic mass is 10.0. The van der Waals surface area contributed by atoms with Crippen molar-refractivity contribution in [2.45, 2.75) is 6.92 Å². The van der Waals surface area contributed by atoms with Gasteiger partial charge in [0.2, 0.25) is 0 Å². The highest BCUT2D eigenvalue weighted by Gasteiger charge is 2.10. The number of hydrogen-bond acceptors (Lipinski definition) is 3. The highest BCUT2D eigenvalue weighted by atomic mass is 16.5. The molecule has 2 aromatic rings. The molecule has 94 valence electrons. The molecule has 0 spiro atoms. The maximum Gasteiger partial charge on any atom is 0.127 e. The normalized spacial score (nSPS) is 10.2. The first kappa shape index (κ1) is 12.3. The molecule has 0 aromatic heterocycles. The molecule has 3 nitrogen and oxygen atoms in total. The van der Waals surface area contributed by atoms with Crippen molar-refractivity contribution in [1.29, 1.82) is 0 Å². The summed E-state index contributed by atoms with van der Waals surface area (Å²) in [4.78, 5) is 0. The van der Waals surface area contributed by atoms with Gasteiger partial charge in [-0.2, -0.15) is 0 Å². The van der Waals surface area contributed by atoms with Crippen LogP contribution in [0.2, 0.25) is 0 Å². The van der Waals surface area contributed by atoms with Gasteiger partial charge in [0.25, 0.3) is 0 Å². The van der Waals surface area contributed by atoms with Crippen molar-refractivity contribution in [3.63, 3.8) is 0 Å². The van der Waals surface area contributed by atoms with Crippen LogP contribution in [0.1, 0.15) is 5.56 Å². The Bertz CT molecular complexity index is 564. The lowest BCUT2D eigenvalue weighted by Gasteiger charge is -2.13. The predicted octanol–water partition coefficient (Wildman–Crippen LogP) is 3.26. The Hall–Kier alpha value is -2.16. The third-order valence-corrected chi connectivity index (χ3v) is 2.90. The molecule has 0 amide bonds. The van der Waals surface area contributed by atoms with Crippen LogP contribution in [-0.2, 0) is 0 Å². The topological polar surface area (TPSA) is 44.5 Å². The first-order chi connectivity index (χ1) is 8.65. The van der Waals surface area contributed by atoms with Crippen molar-refractivity contribution in [3.05, 3.63) is 42.0 Å². The summed E-state index contributed by atoms with van der Waals surface area (Å²) in [6, 6.07) is 11.7. The highest BCUT2D eigenvalue weighted by molar-refractivity contribution is 5.81. The van der Waals surface area contributed by atoms with Gasteiger partial charge in [-0.05, 0) is 36.8 Å². The van der Waals surface area contributed by atoms with Crippen LogP contribution in [-0.4, -0.2) is 14.2 Å². The Morgan fingerprint density at radius 1 is 0.889 bits per heavy atom. The number of nitrogen functional groups attached to an aromatic ring is 1. The monoisotopic (exact) mass is 243 g/mol. The van der Waals surface area contributed by atoms with Crippen LogP contribution in [0.3, 0.4) is 0 Å². The van der Waals surface area contributed by atoms with E-state index in [9.17, 15) is 0 Å². The average Bonchev–Trinajstić information content (AvgIpc) is 2.38. The Labute approximate surface area is 107 Å². The van der Waals surface area contributed by atoms with Gasteiger partial charge in [-0.15, -0.1) is 0 Å². The first-order valence-electron chi connectivity index (χ1n) is 5.74. The van der Waals surface area contributed by atoms with E-state index in [1.165, 1.54) is 0 Å². The van der Waals surface area contributed by atoms with Crippen LogP contribution in [0, 0.1) is 6.92 Å². The second kappa shape index (κ2) is 5.00. The summed E-state index contributed by atoms with van der Waals surface area (Å²) in [6.07, 6.45) is 0. The van der Waals surface area contributed by atoms with Gasteiger partial charge in [0.05, 0.1) is 14.2 Å². The summed E-state index contributed by atoms with van der Waals surface area (Å²) in [6.45, 7) is 2.02. The van der Waals surface area contributed by atoms with Crippen molar-refractivity contribution >= 4 is 5.69 Å². The summed E-state index contributed by atoms with van der Waals surface area (Å²) < 4.78 is 10.6. The van der Waals surface area contributed by atoms with Crippen LogP contribution in [0.25, 0.3) is 11.1 Å². The number of methoxy groups -OCH3 is 2. The molecule has 0 saturated heterocycles. The molecule has 2 rings (SSSR count). The van der Waals surface area contributed by atoms with Crippen molar-refractivity contribution in [3.8, 4) is 22.6 Å². The van der Waals surface area contributed by atoms with E-state index >= 15 is 0 Å². The molecule has 0 aliphatic rings. The molecule has 2 aromatic carbocycles. The molecule has 0 unspecified atom stereocenters. The van der Waals surface area contributed by atoms with Gasteiger partial charge in [0, 0.05) is 16.8 Å². The quantitative estimate of drug-likeness (QED) is 0.841. The van der Waals surface area contributed by atoms with E-state index in [1.807, 2.05) is 43.3 Å². The molecule has 0 aliphatic carbocycles. The summed E-state index contributed by atoms with van der Waals surface area (Å²) in [5, 5.41) is 0. The van der Waals surface area contributed by atoms with Crippen molar-refractivity contribution in [1.82, 2.24) is 0 Å². The third kappa shape index (κ3) is 2.25. The van der Waals surface area contributed by atoms with E-state index in [0.29, 0.717) is 0 Å². The molecule has 0 atom stereocenters. The first-order valence-corrected chi connectivity index (χ1v) is 5.74. The van der Waals surface area contributed by atoms with Gasteiger partial charge in [-0.25, -0.2) is 0 Å². The fraction of sp³-hybridized carbons (Fsp3) is 0.200. The third-order valence-electron chi connectivity index (χ3n) is 2.90. The van der Waals surface area contributed by atoms with Gasteiger partial charge >= 0.3 is 0 Å². The predicted molar refractivity (Wildman–Crippen MR) is 74.1 cm³/mol. The number of hydrogen-bond donors (Lipinski definition) is 1. The Morgan fingerprint density at radius 3 is 2.28 bits per heavy atom. The van der Waals surface area contributed by atoms with Gasteiger partial charge in [0.1, 0.15) is 11.5 Å². The van der Waals surface area contributed by atoms with Crippen molar-refractivity contribution in [2.24, 2.45) is 0 Å². The van der Waals surface area contributed by atoms with Crippen LogP contribution < -0.4 is 15.2 Å². The minimum absolute atomic E-state index is 0.738. The minimum atomic E-state index is 0.738. The Balaban J connectivity index is 2.60. The van der Waals surface area contributed by atoms with E-state index in [2.05, 4.69) is 0 Å². The van der Waals surface area contributed by atoms with Gasteiger partial charge in [0.15, 0.2) is 0 Å². The summed E-state index contributed by atoms with van der Waals surface area (Å²) in [5.74, 6) is 1.57. The maximum atomic E-state index is 6.07. The molecule has 0 saturated carbocycles. The molecule has 0 heterocycles. The maximum absolute atomic E-state index is 6.07. The SMILES string of the molecule is COc1ccc(OC)c(-c2ccc(C)cc2N)c1. The fourth-order valence-electron chi connectivity index (χ4n) is 1.95. The smallest absolute Gasteiger partial charge is 0.127 e. The number of rotatable bonds is 3. The van der Waals surface area contributed by atoms with Gasteiger partial charge < -0.3 is 15.2 Å². The summed E-state index contributed by atoms with van der Waals surface area (Å²) >= 11 is 0. The van der Waals surface area contributed by atoms with Crippen molar-refractivity contribution < 1.29 is 9.47 Å². The number of ether oxygens (including phenoxy) is 2. The van der Waals surface area contributed by atoms with E-state index in [1.54, 1.807) is 14.2 Å². The van der Waals surface area contributed by atoms with E-state index in [4.69, 9.17) is 15.2 Å². The zero-order valence-electron chi connectivity index (χ0n) is 10.9. The largest absolute Gasteiger partial charge is 0.497 e.